The molecule has 3 rings (SSSR count). The van der Waals surface area contributed by atoms with Gasteiger partial charge >= 0.3 is 0 Å². The van der Waals surface area contributed by atoms with Crippen LogP contribution in [0.25, 0.3) is 0 Å². The molecule has 0 bridgehead atoms. The van der Waals surface area contributed by atoms with Gasteiger partial charge in [0.2, 0.25) is 5.91 Å². The van der Waals surface area contributed by atoms with Crippen molar-refractivity contribution in [1.29, 1.82) is 0 Å². The summed E-state index contributed by atoms with van der Waals surface area (Å²) in [6.45, 7) is 3.15. The van der Waals surface area contributed by atoms with Crippen LogP contribution in [0.4, 0.5) is 5.69 Å². The van der Waals surface area contributed by atoms with Crippen LogP contribution in [0.1, 0.15) is 51.0 Å². The van der Waals surface area contributed by atoms with E-state index in [2.05, 4.69) is 35.3 Å². The Morgan fingerprint density at radius 3 is 2.95 bits per heavy atom. The SMILES string of the molecule is CCC1CCCCCN1C(=O)C1CCc2ccccc2N1. The molecule has 2 aliphatic rings. The average Bonchev–Trinajstić information content (AvgIpc) is 2.79. The van der Waals surface area contributed by atoms with Crippen molar-refractivity contribution in [3.63, 3.8) is 0 Å². The minimum absolute atomic E-state index is 0.0351. The molecule has 114 valence electrons. The van der Waals surface area contributed by atoms with Gasteiger partial charge in [0.1, 0.15) is 6.04 Å². The average molecular weight is 286 g/mol. The Bertz CT molecular complexity index is 500. The molecule has 1 N–H and O–H groups in total. The van der Waals surface area contributed by atoms with Crippen LogP contribution in [0.5, 0.6) is 0 Å². The second-order valence-electron chi connectivity index (χ2n) is 6.34. The zero-order chi connectivity index (χ0) is 14.7. The highest BCUT2D eigenvalue weighted by molar-refractivity contribution is 5.86. The van der Waals surface area contributed by atoms with Crippen LogP contribution in [0.3, 0.4) is 0 Å². The summed E-state index contributed by atoms with van der Waals surface area (Å²) in [6.07, 6.45) is 7.86. The number of aryl methyl sites for hydroxylation is 1. The van der Waals surface area contributed by atoms with Gasteiger partial charge in [0.15, 0.2) is 0 Å². The third-order valence-electron chi connectivity index (χ3n) is 4.98. The van der Waals surface area contributed by atoms with E-state index >= 15 is 0 Å². The quantitative estimate of drug-likeness (QED) is 0.901. The van der Waals surface area contributed by atoms with Crippen molar-refractivity contribution >= 4 is 11.6 Å². The third kappa shape index (κ3) is 3.07. The zero-order valence-electron chi connectivity index (χ0n) is 13.0. The molecule has 2 atom stereocenters. The lowest BCUT2D eigenvalue weighted by atomic mass is 9.96. The molecule has 0 aliphatic carbocycles. The second kappa shape index (κ2) is 6.50. The fourth-order valence-corrected chi connectivity index (χ4v) is 3.72. The molecular formula is C18H26N2O. The molecule has 0 spiro atoms. The standard InChI is InChI=1S/C18H26N2O/c1-2-15-9-4-3-7-13-20(15)18(21)17-12-11-14-8-5-6-10-16(14)19-17/h5-6,8,10,15,17,19H,2-4,7,9,11-13H2,1H3. The normalized spacial score (nSPS) is 25.7. The van der Waals surface area contributed by atoms with E-state index in [0.717, 1.165) is 37.9 Å². The van der Waals surface area contributed by atoms with Gasteiger partial charge in [-0.1, -0.05) is 38.0 Å². The lowest BCUT2D eigenvalue weighted by molar-refractivity contribution is -0.134. The maximum absolute atomic E-state index is 12.9. The van der Waals surface area contributed by atoms with Crippen molar-refractivity contribution in [2.24, 2.45) is 0 Å². The molecule has 2 aliphatic heterocycles. The third-order valence-corrected chi connectivity index (χ3v) is 4.98. The fourth-order valence-electron chi connectivity index (χ4n) is 3.72. The summed E-state index contributed by atoms with van der Waals surface area (Å²) >= 11 is 0. The minimum Gasteiger partial charge on any atom is -0.373 e. The molecule has 2 unspecified atom stereocenters. The topological polar surface area (TPSA) is 32.3 Å². The van der Waals surface area contributed by atoms with Crippen molar-refractivity contribution in [2.45, 2.75) is 64.0 Å². The molecule has 0 saturated carbocycles. The Labute approximate surface area is 127 Å². The Morgan fingerprint density at radius 1 is 1.24 bits per heavy atom. The Balaban J connectivity index is 1.73. The smallest absolute Gasteiger partial charge is 0.245 e. The van der Waals surface area contributed by atoms with Gasteiger partial charge in [-0.15, -0.1) is 0 Å². The van der Waals surface area contributed by atoms with Gasteiger partial charge in [-0.05, 0) is 43.7 Å². The van der Waals surface area contributed by atoms with E-state index in [1.165, 1.54) is 24.8 Å². The number of fused-ring (bicyclic) bond motifs is 1. The van der Waals surface area contributed by atoms with E-state index in [0.29, 0.717) is 11.9 Å². The summed E-state index contributed by atoms with van der Waals surface area (Å²) in [5, 5.41) is 3.47. The minimum atomic E-state index is -0.0351. The van der Waals surface area contributed by atoms with Gasteiger partial charge in [-0.3, -0.25) is 4.79 Å². The number of nitrogens with one attached hydrogen (secondary N) is 1. The first-order valence-electron chi connectivity index (χ1n) is 8.44. The van der Waals surface area contributed by atoms with E-state index in [4.69, 9.17) is 0 Å². The van der Waals surface area contributed by atoms with Crippen molar-refractivity contribution in [2.75, 3.05) is 11.9 Å². The largest absolute Gasteiger partial charge is 0.373 e. The van der Waals surface area contributed by atoms with Crippen LogP contribution in [-0.2, 0) is 11.2 Å². The highest BCUT2D eigenvalue weighted by Gasteiger charge is 2.31. The monoisotopic (exact) mass is 286 g/mol. The highest BCUT2D eigenvalue weighted by atomic mass is 16.2. The van der Waals surface area contributed by atoms with Crippen molar-refractivity contribution in [1.82, 2.24) is 4.90 Å². The number of likely N-dealkylation sites (tertiary alicyclic amines) is 1. The number of para-hydroxylation sites is 1. The highest BCUT2D eigenvalue weighted by Crippen LogP contribution is 2.27. The first-order valence-corrected chi connectivity index (χ1v) is 8.44. The predicted molar refractivity (Wildman–Crippen MR) is 86.4 cm³/mol. The summed E-state index contributed by atoms with van der Waals surface area (Å²) in [7, 11) is 0. The summed E-state index contributed by atoms with van der Waals surface area (Å²) < 4.78 is 0. The Kier molecular flexibility index (Phi) is 4.47. The van der Waals surface area contributed by atoms with Gasteiger partial charge in [-0.25, -0.2) is 0 Å². The van der Waals surface area contributed by atoms with Gasteiger partial charge in [0.05, 0.1) is 0 Å². The molecule has 0 aromatic heterocycles. The van der Waals surface area contributed by atoms with Crippen LogP contribution < -0.4 is 5.32 Å². The zero-order valence-corrected chi connectivity index (χ0v) is 13.0. The molecule has 2 heterocycles. The summed E-state index contributed by atoms with van der Waals surface area (Å²) in [4.78, 5) is 15.1. The molecule has 1 fully saturated rings. The molecule has 1 aromatic carbocycles. The number of hydrogen-bond acceptors (Lipinski definition) is 2. The maximum atomic E-state index is 12.9. The molecule has 3 nitrogen and oxygen atoms in total. The van der Waals surface area contributed by atoms with Gasteiger partial charge < -0.3 is 10.2 Å². The first-order chi connectivity index (χ1) is 10.3. The lowest BCUT2D eigenvalue weighted by Crippen LogP contribution is -2.48. The number of hydrogen-bond donors (Lipinski definition) is 1. The van der Waals surface area contributed by atoms with E-state index in [1.54, 1.807) is 0 Å². The van der Waals surface area contributed by atoms with Crippen molar-refractivity contribution in [3.05, 3.63) is 29.8 Å². The van der Waals surface area contributed by atoms with Crippen LogP contribution in [-0.4, -0.2) is 29.4 Å². The Hall–Kier alpha value is -1.51. The van der Waals surface area contributed by atoms with Crippen molar-refractivity contribution < 1.29 is 4.79 Å². The number of nitrogens with zero attached hydrogens (tertiary/aromatic N) is 1. The maximum Gasteiger partial charge on any atom is 0.245 e. The van der Waals surface area contributed by atoms with E-state index in [9.17, 15) is 4.79 Å². The molecule has 3 heteroatoms. The van der Waals surface area contributed by atoms with E-state index in [1.807, 2.05) is 6.07 Å². The number of benzene rings is 1. The molecule has 1 saturated heterocycles. The van der Waals surface area contributed by atoms with Crippen molar-refractivity contribution in [3.8, 4) is 0 Å². The number of amides is 1. The van der Waals surface area contributed by atoms with Crippen LogP contribution in [0.2, 0.25) is 0 Å². The molecular weight excluding hydrogens is 260 g/mol. The molecule has 1 aromatic rings. The number of anilines is 1. The number of carbonyl (C=O) groups excluding carboxylic acids is 1. The molecule has 21 heavy (non-hydrogen) atoms. The summed E-state index contributed by atoms with van der Waals surface area (Å²) in [5.74, 6) is 0.318. The molecule has 1 amide bonds. The van der Waals surface area contributed by atoms with Gasteiger partial charge in [0, 0.05) is 18.3 Å². The van der Waals surface area contributed by atoms with Crippen LogP contribution in [0, 0.1) is 0 Å². The molecule has 0 radical (unpaired) electrons. The Morgan fingerprint density at radius 2 is 2.10 bits per heavy atom. The number of rotatable bonds is 2. The predicted octanol–water partition coefficient (Wildman–Crippen LogP) is 3.59. The van der Waals surface area contributed by atoms with E-state index < -0.39 is 0 Å². The van der Waals surface area contributed by atoms with Crippen LogP contribution >= 0.6 is 0 Å². The number of carbonyl (C=O) groups is 1. The van der Waals surface area contributed by atoms with E-state index in [-0.39, 0.29) is 6.04 Å². The lowest BCUT2D eigenvalue weighted by Gasteiger charge is -2.35. The first kappa shape index (κ1) is 14.4. The fraction of sp³-hybridized carbons (Fsp3) is 0.611. The summed E-state index contributed by atoms with van der Waals surface area (Å²) in [6, 6.07) is 8.77. The second-order valence-corrected chi connectivity index (χ2v) is 6.34. The van der Waals surface area contributed by atoms with Gasteiger partial charge in [0.25, 0.3) is 0 Å². The van der Waals surface area contributed by atoms with Crippen LogP contribution in [0.15, 0.2) is 24.3 Å². The van der Waals surface area contributed by atoms with Gasteiger partial charge in [-0.2, -0.15) is 0 Å². The summed E-state index contributed by atoms with van der Waals surface area (Å²) in [5.41, 5.74) is 2.48.